The van der Waals surface area contributed by atoms with Gasteiger partial charge in [-0.05, 0) is 46.8 Å². The van der Waals surface area contributed by atoms with Gasteiger partial charge in [0, 0.05) is 31.7 Å². The van der Waals surface area contributed by atoms with Gasteiger partial charge in [0.1, 0.15) is 0 Å². The van der Waals surface area contributed by atoms with Crippen molar-refractivity contribution in [2.24, 2.45) is 0 Å². The van der Waals surface area contributed by atoms with Crippen molar-refractivity contribution >= 4 is 0 Å². The average molecular weight is 255 g/mol. The largest absolute Gasteiger partial charge is 0.314 e. The van der Waals surface area contributed by atoms with Gasteiger partial charge in [0.25, 0.3) is 0 Å². The van der Waals surface area contributed by atoms with E-state index in [0.717, 1.165) is 13.1 Å². The van der Waals surface area contributed by atoms with Crippen LogP contribution < -0.4 is 5.32 Å². The van der Waals surface area contributed by atoms with Gasteiger partial charge in [-0.25, -0.2) is 0 Å². The quantitative estimate of drug-likeness (QED) is 0.671. The highest BCUT2D eigenvalue weighted by Gasteiger charge is 2.27. The van der Waals surface area contributed by atoms with Crippen LogP contribution in [0.5, 0.6) is 0 Å². The molecule has 1 rings (SSSR count). The molecule has 0 radical (unpaired) electrons. The molecule has 0 aromatic carbocycles. The lowest BCUT2D eigenvalue weighted by Gasteiger charge is -2.42. The molecule has 0 amide bonds. The van der Waals surface area contributed by atoms with E-state index in [-0.39, 0.29) is 0 Å². The third-order valence-electron chi connectivity index (χ3n) is 4.22. The maximum absolute atomic E-state index is 3.43. The number of hydrogen-bond donors (Lipinski definition) is 1. The van der Waals surface area contributed by atoms with Gasteiger partial charge in [-0.1, -0.05) is 19.8 Å². The van der Waals surface area contributed by atoms with Crippen LogP contribution in [0.1, 0.15) is 46.5 Å². The Bertz CT molecular complexity index is 210. The number of unbranched alkanes of at least 4 members (excludes halogenated alkanes) is 2. The first-order valence-electron chi connectivity index (χ1n) is 7.70. The highest BCUT2D eigenvalue weighted by molar-refractivity contribution is 4.85. The summed E-state index contributed by atoms with van der Waals surface area (Å²) in [5.41, 5.74) is 0.348. The van der Waals surface area contributed by atoms with Gasteiger partial charge in [-0.2, -0.15) is 0 Å². The van der Waals surface area contributed by atoms with Gasteiger partial charge in [0.05, 0.1) is 0 Å². The predicted octanol–water partition coefficient (Wildman–Crippen LogP) is 2.18. The molecule has 0 aromatic rings. The fraction of sp³-hybridized carbons (Fsp3) is 1.00. The Labute approximate surface area is 114 Å². The molecule has 1 aliphatic rings. The van der Waals surface area contributed by atoms with Crippen molar-refractivity contribution < 1.29 is 0 Å². The zero-order chi connectivity index (χ0) is 13.4. The molecule has 1 aliphatic heterocycles. The number of nitrogens with zero attached hydrogens (tertiary/aromatic N) is 2. The van der Waals surface area contributed by atoms with E-state index in [1.807, 2.05) is 0 Å². The number of piperazine rings is 1. The molecule has 0 aliphatic carbocycles. The lowest BCUT2D eigenvalue weighted by atomic mass is 9.97. The van der Waals surface area contributed by atoms with E-state index in [1.54, 1.807) is 0 Å². The van der Waals surface area contributed by atoms with E-state index < -0.39 is 0 Å². The van der Waals surface area contributed by atoms with Crippen LogP contribution >= 0.6 is 0 Å². The minimum Gasteiger partial charge on any atom is -0.314 e. The third-order valence-corrected chi connectivity index (χ3v) is 4.22. The number of rotatable bonds is 8. The van der Waals surface area contributed by atoms with Crippen LogP contribution in [0.2, 0.25) is 0 Å². The maximum atomic E-state index is 3.43. The molecule has 0 bridgehead atoms. The second-order valence-electron chi connectivity index (χ2n) is 6.31. The molecule has 1 heterocycles. The van der Waals surface area contributed by atoms with Crippen LogP contribution in [0.3, 0.4) is 0 Å². The minimum absolute atomic E-state index is 0.348. The van der Waals surface area contributed by atoms with E-state index in [0.29, 0.717) is 5.54 Å². The molecular formula is C15H33N3. The summed E-state index contributed by atoms with van der Waals surface area (Å²) in [6, 6.07) is 0. The summed E-state index contributed by atoms with van der Waals surface area (Å²) in [5, 5.41) is 3.43. The Morgan fingerprint density at radius 1 is 1.11 bits per heavy atom. The summed E-state index contributed by atoms with van der Waals surface area (Å²) in [6.45, 7) is 14.3. The average Bonchev–Trinajstić information content (AvgIpc) is 2.38. The van der Waals surface area contributed by atoms with Crippen molar-refractivity contribution in [2.45, 2.75) is 52.0 Å². The van der Waals surface area contributed by atoms with Crippen LogP contribution in [0.15, 0.2) is 0 Å². The first-order valence-corrected chi connectivity index (χ1v) is 7.70. The number of nitrogens with one attached hydrogen (secondary N) is 1. The highest BCUT2D eigenvalue weighted by atomic mass is 15.2. The fourth-order valence-corrected chi connectivity index (χ4v) is 2.64. The topological polar surface area (TPSA) is 18.5 Å². The van der Waals surface area contributed by atoms with Gasteiger partial charge in [0.2, 0.25) is 0 Å². The standard InChI is InChI=1S/C15H33N3/c1-5-6-7-11-17(4)12-8-15(2,3)18-13-9-16-10-14-18/h16H,5-14H2,1-4H3. The zero-order valence-corrected chi connectivity index (χ0v) is 13.0. The van der Waals surface area contributed by atoms with Crippen molar-refractivity contribution in [1.29, 1.82) is 0 Å². The SMILES string of the molecule is CCCCCN(C)CCC(C)(C)N1CCNCC1. The number of hydrogen-bond acceptors (Lipinski definition) is 3. The molecule has 18 heavy (non-hydrogen) atoms. The summed E-state index contributed by atoms with van der Waals surface area (Å²) in [6.07, 6.45) is 5.31. The van der Waals surface area contributed by atoms with Crippen molar-refractivity contribution in [3.8, 4) is 0 Å². The summed E-state index contributed by atoms with van der Waals surface area (Å²) in [4.78, 5) is 5.14. The lowest BCUT2D eigenvalue weighted by molar-refractivity contribution is 0.0859. The molecule has 1 N–H and O–H groups in total. The third kappa shape index (κ3) is 5.68. The second-order valence-corrected chi connectivity index (χ2v) is 6.31. The van der Waals surface area contributed by atoms with Gasteiger partial charge < -0.3 is 10.2 Å². The van der Waals surface area contributed by atoms with E-state index in [1.165, 1.54) is 51.9 Å². The van der Waals surface area contributed by atoms with Gasteiger partial charge >= 0.3 is 0 Å². The first kappa shape index (κ1) is 15.9. The Morgan fingerprint density at radius 3 is 2.39 bits per heavy atom. The van der Waals surface area contributed by atoms with Gasteiger partial charge in [-0.15, -0.1) is 0 Å². The van der Waals surface area contributed by atoms with Crippen molar-refractivity contribution in [3.05, 3.63) is 0 Å². The molecule has 0 atom stereocenters. The zero-order valence-electron chi connectivity index (χ0n) is 13.0. The van der Waals surface area contributed by atoms with Crippen LogP contribution in [0.4, 0.5) is 0 Å². The van der Waals surface area contributed by atoms with E-state index in [4.69, 9.17) is 0 Å². The van der Waals surface area contributed by atoms with Crippen molar-refractivity contribution in [3.63, 3.8) is 0 Å². The van der Waals surface area contributed by atoms with E-state index in [2.05, 4.69) is 42.9 Å². The van der Waals surface area contributed by atoms with E-state index >= 15 is 0 Å². The lowest BCUT2D eigenvalue weighted by Crippen LogP contribution is -2.54. The smallest absolute Gasteiger partial charge is 0.0166 e. The van der Waals surface area contributed by atoms with E-state index in [9.17, 15) is 0 Å². The minimum atomic E-state index is 0.348. The Morgan fingerprint density at radius 2 is 1.78 bits per heavy atom. The first-order chi connectivity index (χ1) is 8.56. The maximum Gasteiger partial charge on any atom is 0.0166 e. The summed E-state index contributed by atoms with van der Waals surface area (Å²) >= 11 is 0. The molecule has 0 aromatic heterocycles. The molecular weight excluding hydrogens is 222 g/mol. The molecule has 0 spiro atoms. The van der Waals surface area contributed by atoms with Crippen molar-refractivity contribution in [1.82, 2.24) is 15.1 Å². The molecule has 1 saturated heterocycles. The molecule has 3 heteroatoms. The molecule has 0 unspecified atom stereocenters. The molecule has 0 saturated carbocycles. The van der Waals surface area contributed by atoms with Crippen LogP contribution in [0.25, 0.3) is 0 Å². The normalized spacial score (nSPS) is 18.5. The summed E-state index contributed by atoms with van der Waals surface area (Å²) in [5.74, 6) is 0. The van der Waals surface area contributed by atoms with Crippen LogP contribution in [0, 0.1) is 0 Å². The predicted molar refractivity (Wildman–Crippen MR) is 80.2 cm³/mol. The Kier molecular flexibility index (Phi) is 7.20. The Hall–Kier alpha value is -0.120. The highest BCUT2D eigenvalue weighted by Crippen LogP contribution is 2.19. The summed E-state index contributed by atoms with van der Waals surface area (Å²) in [7, 11) is 2.27. The molecule has 3 nitrogen and oxygen atoms in total. The second kappa shape index (κ2) is 8.13. The fourth-order valence-electron chi connectivity index (χ4n) is 2.64. The monoisotopic (exact) mass is 255 g/mol. The van der Waals surface area contributed by atoms with Crippen LogP contribution in [-0.4, -0.2) is 61.7 Å². The Balaban J connectivity index is 2.22. The molecule has 1 fully saturated rings. The molecule has 108 valence electrons. The van der Waals surface area contributed by atoms with Crippen molar-refractivity contribution in [2.75, 3.05) is 46.3 Å². The van der Waals surface area contributed by atoms with Gasteiger partial charge in [-0.3, -0.25) is 4.90 Å². The van der Waals surface area contributed by atoms with Gasteiger partial charge in [0.15, 0.2) is 0 Å². The summed E-state index contributed by atoms with van der Waals surface area (Å²) < 4.78 is 0. The van der Waals surface area contributed by atoms with Crippen LogP contribution in [-0.2, 0) is 0 Å².